The average molecular weight is 663 g/mol. The van der Waals surface area contributed by atoms with Crippen LogP contribution in [0.5, 0.6) is 0 Å². The van der Waals surface area contributed by atoms with Gasteiger partial charge in [0.15, 0.2) is 0 Å². The van der Waals surface area contributed by atoms with Crippen LogP contribution in [0.3, 0.4) is 0 Å². The number of hydrogen-bond donors (Lipinski definition) is 0. The topological polar surface area (TPSA) is 0 Å². The quantitative estimate of drug-likeness (QED) is 0.165. The van der Waals surface area contributed by atoms with E-state index in [1.165, 1.54) is 105 Å². The summed E-state index contributed by atoms with van der Waals surface area (Å²) in [5, 5.41) is 7.75. The summed E-state index contributed by atoms with van der Waals surface area (Å²) < 4.78 is 0. The van der Waals surface area contributed by atoms with E-state index in [0.717, 1.165) is 0 Å². The largest absolute Gasteiger partial charge is 0.0622 e. The molecule has 10 rings (SSSR count). The summed E-state index contributed by atoms with van der Waals surface area (Å²) in [6, 6.07) is 65.5. The molecule has 52 heavy (non-hydrogen) atoms. The predicted octanol–water partition coefficient (Wildman–Crippen LogP) is 14.4. The third-order valence-electron chi connectivity index (χ3n) is 11.5. The zero-order valence-electron chi connectivity index (χ0n) is 29.7. The summed E-state index contributed by atoms with van der Waals surface area (Å²) >= 11 is 0. The minimum Gasteiger partial charge on any atom is -0.0622 e. The fraction of sp³-hybridized carbons (Fsp3) is 0.0769. The van der Waals surface area contributed by atoms with Crippen LogP contribution in [0.15, 0.2) is 176 Å². The van der Waals surface area contributed by atoms with Crippen molar-refractivity contribution >= 4 is 32.3 Å². The zero-order chi connectivity index (χ0) is 35.0. The molecule has 0 amide bonds. The highest BCUT2D eigenvalue weighted by Gasteiger charge is 2.36. The van der Waals surface area contributed by atoms with E-state index in [9.17, 15) is 0 Å². The van der Waals surface area contributed by atoms with Crippen molar-refractivity contribution < 1.29 is 0 Å². The summed E-state index contributed by atoms with van der Waals surface area (Å²) in [7, 11) is 0. The van der Waals surface area contributed by atoms with Crippen molar-refractivity contribution in [2.45, 2.75) is 26.2 Å². The second-order valence-electron chi connectivity index (χ2n) is 15.0. The normalized spacial score (nSPS) is 13.1. The summed E-state index contributed by atoms with van der Waals surface area (Å²) in [6.07, 6.45) is 0. The maximum atomic E-state index is 2.49. The highest BCUT2D eigenvalue weighted by molar-refractivity contribution is 6.22. The molecule has 0 heteroatoms. The van der Waals surface area contributed by atoms with Crippen LogP contribution in [0.2, 0.25) is 0 Å². The van der Waals surface area contributed by atoms with Gasteiger partial charge >= 0.3 is 0 Å². The molecule has 9 aromatic carbocycles. The molecule has 0 aromatic heterocycles. The van der Waals surface area contributed by atoms with E-state index >= 15 is 0 Å². The Balaban J connectivity index is 1.25. The standard InChI is InChI=1S/C52H38/c1-33-22-25-44-46(28-33)50(40-30-38(34-14-6-4-7-15-34)29-39(31-40)35-16-8-5-9-17-35)43-21-13-12-20-42(43)49(44)37-23-26-45-48(32-37)52(2,3)47-27-24-36-18-10-11-19-41(36)51(45)47/h4-32H,1-3H3. The maximum Gasteiger partial charge on any atom is 0.0159 e. The highest BCUT2D eigenvalue weighted by Crippen LogP contribution is 2.53. The Labute approximate surface area is 305 Å². The number of benzene rings is 9. The Morgan fingerprint density at radius 3 is 1.56 bits per heavy atom. The SMILES string of the molecule is Cc1ccc2c(-c3ccc4c(c3)C(C)(C)c3ccc5ccccc5c3-4)c3ccccc3c(-c3cc(-c4ccccc4)cc(-c4ccccc4)c3)c2c1. The molecule has 0 atom stereocenters. The maximum absolute atomic E-state index is 2.49. The Kier molecular flexibility index (Phi) is 6.85. The van der Waals surface area contributed by atoms with Crippen molar-refractivity contribution in [1.29, 1.82) is 0 Å². The van der Waals surface area contributed by atoms with Crippen LogP contribution in [0.4, 0.5) is 0 Å². The minimum atomic E-state index is -0.113. The van der Waals surface area contributed by atoms with Crippen molar-refractivity contribution in [3.8, 4) is 55.6 Å². The van der Waals surface area contributed by atoms with E-state index in [1.807, 2.05) is 0 Å². The molecule has 0 fully saturated rings. The van der Waals surface area contributed by atoms with Gasteiger partial charge in [-0.3, -0.25) is 0 Å². The van der Waals surface area contributed by atoms with E-state index in [4.69, 9.17) is 0 Å². The molecule has 0 radical (unpaired) electrons. The van der Waals surface area contributed by atoms with E-state index < -0.39 is 0 Å². The molecule has 1 aliphatic carbocycles. The lowest BCUT2D eigenvalue weighted by Crippen LogP contribution is -2.15. The minimum absolute atomic E-state index is 0.113. The van der Waals surface area contributed by atoms with Gasteiger partial charge in [0.25, 0.3) is 0 Å². The highest BCUT2D eigenvalue weighted by atomic mass is 14.4. The van der Waals surface area contributed by atoms with Gasteiger partial charge in [0.05, 0.1) is 0 Å². The molecular formula is C52H38. The van der Waals surface area contributed by atoms with Crippen LogP contribution in [0, 0.1) is 6.92 Å². The van der Waals surface area contributed by atoms with Crippen LogP contribution in [-0.4, -0.2) is 0 Å². The summed E-state index contributed by atoms with van der Waals surface area (Å²) in [5.41, 5.74) is 16.7. The van der Waals surface area contributed by atoms with Crippen LogP contribution in [-0.2, 0) is 5.41 Å². The molecule has 0 heterocycles. The van der Waals surface area contributed by atoms with Crippen LogP contribution >= 0.6 is 0 Å². The molecule has 0 spiro atoms. The van der Waals surface area contributed by atoms with Crippen molar-refractivity contribution in [2.75, 3.05) is 0 Å². The van der Waals surface area contributed by atoms with E-state index in [0.29, 0.717) is 0 Å². The lowest BCUT2D eigenvalue weighted by Gasteiger charge is -2.23. The molecule has 246 valence electrons. The number of fused-ring (bicyclic) bond motifs is 7. The predicted molar refractivity (Wildman–Crippen MR) is 223 cm³/mol. The first-order chi connectivity index (χ1) is 25.5. The lowest BCUT2D eigenvalue weighted by molar-refractivity contribution is 0.661. The van der Waals surface area contributed by atoms with Gasteiger partial charge in [0.2, 0.25) is 0 Å². The van der Waals surface area contributed by atoms with Gasteiger partial charge in [-0.1, -0.05) is 171 Å². The van der Waals surface area contributed by atoms with Crippen LogP contribution in [0.25, 0.3) is 88.0 Å². The van der Waals surface area contributed by atoms with Crippen molar-refractivity contribution in [3.05, 3.63) is 193 Å². The number of aryl methyl sites for hydroxylation is 1. The fourth-order valence-corrected chi connectivity index (χ4v) is 8.94. The molecule has 0 aliphatic heterocycles. The first-order valence-corrected chi connectivity index (χ1v) is 18.3. The number of hydrogen-bond acceptors (Lipinski definition) is 0. The number of rotatable bonds is 4. The van der Waals surface area contributed by atoms with Gasteiger partial charge in [0.1, 0.15) is 0 Å². The van der Waals surface area contributed by atoms with E-state index in [-0.39, 0.29) is 5.41 Å². The lowest BCUT2D eigenvalue weighted by atomic mass is 9.80. The molecule has 0 saturated heterocycles. The average Bonchev–Trinajstić information content (AvgIpc) is 3.43. The monoisotopic (exact) mass is 662 g/mol. The van der Waals surface area contributed by atoms with Gasteiger partial charge in [0, 0.05) is 5.41 Å². The van der Waals surface area contributed by atoms with Crippen molar-refractivity contribution in [3.63, 3.8) is 0 Å². The van der Waals surface area contributed by atoms with Crippen molar-refractivity contribution in [2.24, 2.45) is 0 Å². The van der Waals surface area contributed by atoms with Gasteiger partial charge < -0.3 is 0 Å². The molecule has 0 saturated carbocycles. The van der Waals surface area contributed by atoms with Gasteiger partial charge in [-0.2, -0.15) is 0 Å². The molecule has 0 nitrogen and oxygen atoms in total. The third kappa shape index (κ3) is 4.68. The van der Waals surface area contributed by atoms with Crippen LogP contribution in [0.1, 0.15) is 30.5 Å². The molecular weight excluding hydrogens is 625 g/mol. The summed E-state index contributed by atoms with van der Waals surface area (Å²) in [4.78, 5) is 0. The third-order valence-corrected chi connectivity index (χ3v) is 11.5. The molecule has 1 aliphatic rings. The second-order valence-corrected chi connectivity index (χ2v) is 15.0. The zero-order valence-corrected chi connectivity index (χ0v) is 29.7. The molecule has 0 bridgehead atoms. The van der Waals surface area contributed by atoms with E-state index in [2.05, 4.69) is 197 Å². The Morgan fingerprint density at radius 1 is 0.327 bits per heavy atom. The first kappa shape index (κ1) is 30.6. The fourth-order valence-electron chi connectivity index (χ4n) is 8.94. The van der Waals surface area contributed by atoms with Gasteiger partial charge in [-0.05, 0) is 130 Å². The Hall–Kier alpha value is -6.24. The van der Waals surface area contributed by atoms with Crippen LogP contribution < -0.4 is 0 Å². The second kappa shape index (κ2) is 11.7. The van der Waals surface area contributed by atoms with Crippen molar-refractivity contribution in [1.82, 2.24) is 0 Å². The smallest absolute Gasteiger partial charge is 0.0159 e. The molecule has 0 unspecified atom stereocenters. The first-order valence-electron chi connectivity index (χ1n) is 18.3. The van der Waals surface area contributed by atoms with Gasteiger partial charge in [-0.15, -0.1) is 0 Å². The molecule has 0 N–H and O–H groups in total. The Morgan fingerprint density at radius 2 is 0.885 bits per heavy atom. The summed E-state index contributed by atoms with van der Waals surface area (Å²) in [5.74, 6) is 0. The van der Waals surface area contributed by atoms with E-state index in [1.54, 1.807) is 0 Å². The van der Waals surface area contributed by atoms with Gasteiger partial charge in [-0.25, -0.2) is 0 Å². The summed E-state index contributed by atoms with van der Waals surface area (Å²) in [6.45, 7) is 7.00. The molecule has 9 aromatic rings. The Bertz CT molecular complexity index is 2800.